The molecule has 3 heteroatoms. The van der Waals surface area contributed by atoms with Gasteiger partial charge in [0, 0.05) is 12.6 Å². The highest BCUT2D eigenvalue weighted by atomic mass is 19.1. The maximum Gasteiger partial charge on any atom is 0.123 e. The van der Waals surface area contributed by atoms with Crippen molar-refractivity contribution in [2.24, 2.45) is 11.5 Å². The molecule has 1 rings (SSSR count). The maximum absolute atomic E-state index is 12.8. The fourth-order valence-corrected chi connectivity index (χ4v) is 1.11. The largest absolute Gasteiger partial charge is 0.329 e. The van der Waals surface area contributed by atoms with Crippen LogP contribution in [0, 0.1) is 12.7 Å². The highest BCUT2D eigenvalue weighted by Crippen LogP contribution is 2.13. The molecular weight excluding hydrogens is 155 g/mol. The van der Waals surface area contributed by atoms with Gasteiger partial charge in [-0.1, -0.05) is 6.07 Å². The van der Waals surface area contributed by atoms with Crippen LogP contribution in [-0.2, 0) is 0 Å². The van der Waals surface area contributed by atoms with Crippen LogP contribution in [0.5, 0.6) is 0 Å². The van der Waals surface area contributed by atoms with E-state index in [9.17, 15) is 4.39 Å². The van der Waals surface area contributed by atoms with E-state index < -0.39 is 0 Å². The Balaban J connectivity index is 3.00. The minimum absolute atomic E-state index is 0.256. The van der Waals surface area contributed by atoms with Gasteiger partial charge in [0.1, 0.15) is 5.82 Å². The van der Waals surface area contributed by atoms with Crippen molar-refractivity contribution in [3.05, 3.63) is 35.1 Å². The molecular formula is C9H13FN2. The lowest BCUT2D eigenvalue weighted by Crippen LogP contribution is -2.20. The van der Waals surface area contributed by atoms with Crippen molar-refractivity contribution in [3.8, 4) is 0 Å². The van der Waals surface area contributed by atoms with E-state index in [2.05, 4.69) is 0 Å². The number of aryl methyl sites for hydroxylation is 1. The van der Waals surface area contributed by atoms with Crippen molar-refractivity contribution in [3.63, 3.8) is 0 Å². The molecule has 0 aliphatic carbocycles. The summed E-state index contributed by atoms with van der Waals surface area (Å²) < 4.78 is 12.8. The summed E-state index contributed by atoms with van der Waals surface area (Å²) in [6.45, 7) is 2.17. The molecule has 0 saturated carbocycles. The molecule has 0 heterocycles. The standard InChI is InChI=1S/C9H13FN2/c1-6-2-7(9(12)5-11)4-8(10)3-6/h2-4,9H,5,11-12H2,1H3/t9-/m1/s1. The number of benzene rings is 1. The Morgan fingerprint density at radius 3 is 2.58 bits per heavy atom. The highest BCUT2D eigenvalue weighted by Gasteiger charge is 2.04. The molecule has 66 valence electrons. The van der Waals surface area contributed by atoms with Gasteiger partial charge in [0.05, 0.1) is 0 Å². The molecule has 1 aromatic carbocycles. The minimum Gasteiger partial charge on any atom is -0.329 e. The van der Waals surface area contributed by atoms with Gasteiger partial charge in [-0.2, -0.15) is 0 Å². The molecule has 4 N–H and O–H groups in total. The first-order chi connectivity index (χ1) is 5.63. The maximum atomic E-state index is 12.8. The van der Waals surface area contributed by atoms with Crippen LogP contribution in [0.15, 0.2) is 18.2 Å². The van der Waals surface area contributed by atoms with Gasteiger partial charge in [-0.25, -0.2) is 4.39 Å². The second-order valence-electron chi connectivity index (χ2n) is 2.90. The van der Waals surface area contributed by atoms with E-state index in [1.807, 2.05) is 13.0 Å². The van der Waals surface area contributed by atoms with Gasteiger partial charge in [0.15, 0.2) is 0 Å². The third-order valence-electron chi connectivity index (χ3n) is 1.75. The summed E-state index contributed by atoms with van der Waals surface area (Å²) in [4.78, 5) is 0. The number of halogens is 1. The van der Waals surface area contributed by atoms with E-state index in [1.165, 1.54) is 12.1 Å². The Bertz CT molecular complexity index is 253. The van der Waals surface area contributed by atoms with E-state index in [0.717, 1.165) is 11.1 Å². The molecule has 2 nitrogen and oxygen atoms in total. The van der Waals surface area contributed by atoms with Crippen LogP contribution < -0.4 is 11.5 Å². The van der Waals surface area contributed by atoms with Crippen molar-refractivity contribution in [2.75, 3.05) is 6.54 Å². The fraction of sp³-hybridized carbons (Fsp3) is 0.333. The average molecular weight is 168 g/mol. The Morgan fingerprint density at radius 2 is 2.08 bits per heavy atom. The summed E-state index contributed by atoms with van der Waals surface area (Å²) >= 11 is 0. The normalized spacial score (nSPS) is 13.0. The number of hydrogen-bond donors (Lipinski definition) is 2. The van der Waals surface area contributed by atoms with Crippen LogP contribution >= 0.6 is 0 Å². The summed E-state index contributed by atoms with van der Waals surface area (Å²) in [5, 5.41) is 0. The zero-order valence-electron chi connectivity index (χ0n) is 7.05. The van der Waals surface area contributed by atoms with E-state index >= 15 is 0 Å². The Kier molecular flexibility index (Phi) is 2.78. The topological polar surface area (TPSA) is 52.0 Å². The van der Waals surface area contributed by atoms with Gasteiger partial charge < -0.3 is 11.5 Å². The molecule has 0 aliphatic heterocycles. The number of nitrogens with two attached hydrogens (primary N) is 2. The van der Waals surface area contributed by atoms with Gasteiger partial charge in [-0.3, -0.25) is 0 Å². The number of hydrogen-bond acceptors (Lipinski definition) is 2. The molecule has 0 saturated heterocycles. The second-order valence-corrected chi connectivity index (χ2v) is 2.90. The van der Waals surface area contributed by atoms with Crippen LogP contribution in [0.1, 0.15) is 17.2 Å². The monoisotopic (exact) mass is 168 g/mol. The van der Waals surface area contributed by atoms with Crippen LogP contribution in [0.4, 0.5) is 4.39 Å². The third kappa shape index (κ3) is 2.03. The molecule has 0 radical (unpaired) electrons. The zero-order valence-corrected chi connectivity index (χ0v) is 7.05. The Morgan fingerprint density at radius 1 is 1.42 bits per heavy atom. The first-order valence-corrected chi connectivity index (χ1v) is 3.86. The summed E-state index contributed by atoms with van der Waals surface area (Å²) in [5.41, 5.74) is 12.6. The first kappa shape index (κ1) is 9.16. The lowest BCUT2D eigenvalue weighted by Gasteiger charge is -2.09. The molecule has 12 heavy (non-hydrogen) atoms. The van der Waals surface area contributed by atoms with Gasteiger partial charge in [0.2, 0.25) is 0 Å². The summed E-state index contributed by atoms with van der Waals surface area (Å²) in [5.74, 6) is -0.256. The summed E-state index contributed by atoms with van der Waals surface area (Å²) in [7, 11) is 0. The lowest BCUT2D eigenvalue weighted by atomic mass is 10.1. The summed E-state index contributed by atoms with van der Waals surface area (Å²) in [6, 6.07) is 4.47. The second kappa shape index (κ2) is 3.65. The SMILES string of the molecule is Cc1cc(F)cc([C@H](N)CN)c1. The molecule has 1 atom stereocenters. The average Bonchev–Trinajstić information content (AvgIpc) is 2.01. The minimum atomic E-state index is -0.264. The van der Waals surface area contributed by atoms with Gasteiger partial charge in [-0.15, -0.1) is 0 Å². The predicted molar refractivity (Wildman–Crippen MR) is 47.1 cm³/mol. The van der Waals surface area contributed by atoms with E-state index in [1.54, 1.807) is 0 Å². The van der Waals surface area contributed by atoms with Crippen LogP contribution in [0.3, 0.4) is 0 Å². The Labute approximate surface area is 71.4 Å². The zero-order chi connectivity index (χ0) is 9.14. The quantitative estimate of drug-likeness (QED) is 0.694. The Hall–Kier alpha value is -0.930. The molecule has 0 aromatic heterocycles. The van der Waals surface area contributed by atoms with Crippen LogP contribution in [0.25, 0.3) is 0 Å². The molecule has 0 aliphatic rings. The third-order valence-corrected chi connectivity index (χ3v) is 1.75. The molecule has 0 spiro atoms. The van der Waals surface area contributed by atoms with E-state index in [-0.39, 0.29) is 11.9 Å². The highest BCUT2D eigenvalue weighted by molar-refractivity contribution is 5.26. The molecule has 1 aromatic rings. The van der Waals surface area contributed by atoms with Gasteiger partial charge >= 0.3 is 0 Å². The smallest absolute Gasteiger partial charge is 0.123 e. The predicted octanol–water partition coefficient (Wildman–Crippen LogP) is 1.09. The van der Waals surface area contributed by atoms with Gasteiger partial charge in [0.25, 0.3) is 0 Å². The van der Waals surface area contributed by atoms with Crippen molar-refractivity contribution < 1.29 is 4.39 Å². The lowest BCUT2D eigenvalue weighted by molar-refractivity contribution is 0.618. The number of rotatable bonds is 2. The van der Waals surface area contributed by atoms with Crippen molar-refractivity contribution in [1.29, 1.82) is 0 Å². The summed E-state index contributed by atoms with van der Waals surface area (Å²) in [6.07, 6.45) is 0. The molecule has 0 bridgehead atoms. The van der Waals surface area contributed by atoms with Crippen LogP contribution in [-0.4, -0.2) is 6.54 Å². The van der Waals surface area contributed by atoms with Crippen molar-refractivity contribution in [2.45, 2.75) is 13.0 Å². The first-order valence-electron chi connectivity index (χ1n) is 3.86. The van der Waals surface area contributed by atoms with Crippen molar-refractivity contribution in [1.82, 2.24) is 0 Å². The molecule has 0 fully saturated rings. The molecule has 0 amide bonds. The van der Waals surface area contributed by atoms with Crippen LogP contribution in [0.2, 0.25) is 0 Å². The van der Waals surface area contributed by atoms with E-state index in [4.69, 9.17) is 11.5 Å². The fourth-order valence-electron chi connectivity index (χ4n) is 1.11. The van der Waals surface area contributed by atoms with E-state index in [0.29, 0.717) is 6.54 Å². The molecule has 0 unspecified atom stereocenters. The van der Waals surface area contributed by atoms with Crippen molar-refractivity contribution >= 4 is 0 Å². The van der Waals surface area contributed by atoms with Gasteiger partial charge in [-0.05, 0) is 30.2 Å².